The molecule has 0 spiro atoms. The second-order valence-electron chi connectivity index (χ2n) is 5.84. The number of amides is 1. The van der Waals surface area contributed by atoms with E-state index in [2.05, 4.69) is 26.1 Å². The Hall–Kier alpha value is -1.25. The van der Waals surface area contributed by atoms with Crippen LogP contribution in [0.2, 0.25) is 0 Å². The molecule has 2 rings (SSSR count). The summed E-state index contributed by atoms with van der Waals surface area (Å²) in [7, 11) is 0. The van der Waals surface area contributed by atoms with Crippen LogP contribution in [0.1, 0.15) is 51.7 Å². The number of rotatable bonds is 6. The molecule has 1 fully saturated rings. The van der Waals surface area contributed by atoms with Crippen LogP contribution < -0.4 is 5.32 Å². The number of hydrogen-bond acceptors (Lipinski definition) is 2. The summed E-state index contributed by atoms with van der Waals surface area (Å²) >= 11 is 0. The third-order valence-corrected chi connectivity index (χ3v) is 3.60. The van der Waals surface area contributed by atoms with Gasteiger partial charge in [-0.15, -0.1) is 0 Å². The molecule has 1 aliphatic carbocycles. The summed E-state index contributed by atoms with van der Waals surface area (Å²) < 4.78 is 5.34. The molecule has 0 radical (unpaired) electrons. The molecule has 1 N–H and O–H groups in total. The van der Waals surface area contributed by atoms with Crippen LogP contribution >= 0.6 is 0 Å². The summed E-state index contributed by atoms with van der Waals surface area (Å²) in [4.78, 5) is 12.0. The molecule has 0 aliphatic heterocycles. The first-order valence-corrected chi connectivity index (χ1v) is 6.91. The van der Waals surface area contributed by atoms with E-state index in [0.717, 1.165) is 25.0 Å². The highest BCUT2D eigenvalue weighted by Crippen LogP contribution is 2.47. The molecule has 3 nitrogen and oxygen atoms in total. The van der Waals surface area contributed by atoms with Crippen LogP contribution in [0.3, 0.4) is 0 Å². The topological polar surface area (TPSA) is 42.2 Å². The van der Waals surface area contributed by atoms with Gasteiger partial charge in [-0.3, -0.25) is 4.79 Å². The highest BCUT2D eigenvalue weighted by Gasteiger charge is 2.45. The van der Waals surface area contributed by atoms with Crippen LogP contribution in [-0.4, -0.2) is 11.9 Å². The SMILES string of the molecule is CC(C)CCC(C)NC(=O)C1CC1c1ccco1. The fraction of sp³-hybridized carbons (Fsp3) is 0.667. The Balaban J connectivity index is 1.73. The molecule has 0 saturated heterocycles. The Bertz CT molecular complexity index is 383. The molecule has 1 saturated carbocycles. The second kappa shape index (κ2) is 5.59. The van der Waals surface area contributed by atoms with Crippen molar-refractivity contribution in [1.29, 1.82) is 0 Å². The third-order valence-electron chi connectivity index (χ3n) is 3.60. The molecule has 1 aromatic heterocycles. The van der Waals surface area contributed by atoms with Gasteiger partial charge in [-0.25, -0.2) is 0 Å². The zero-order valence-corrected chi connectivity index (χ0v) is 11.5. The highest BCUT2D eigenvalue weighted by molar-refractivity contribution is 5.82. The van der Waals surface area contributed by atoms with Gasteiger partial charge < -0.3 is 9.73 Å². The second-order valence-corrected chi connectivity index (χ2v) is 5.84. The lowest BCUT2D eigenvalue weighted by atomic mass is 10.0. The minimum Gasteiger partial charge on any atom is -0.469 e. The van der Waals surface area contributed by atoms with E-state index in [1.807, 2.05) is 12.1 Å². The summed E-state index contributed by atoms with van der Waals surface area (Å²) in [5, 5.41) is 3.11. The van der Waals surface area contributed by atoms with Crippen molar-refractivity contribution in [1.82, 2.24) is 5.32 Å². The molecule has 0 aromatic carbocycles. The van der Waals surface area contributed by atoms with E-state index < -0.39 is 0 Å². The molecule has 1 heterocycles. The molecule has 1 amide bonds. The molecular formula is C15H23NO2. The lowest BCUT2D eigenvalue weighted by Gasteiger charge is -2.14. The maximum Gasteiger partial charge on any atom is 0.224 e. The first kappa shape index (κ1) is 13.2. The van der Waals surface area contributed by atoms with Gasteiger partial charge in [0.1, 0.15) is 5.76 Å². The minimum absolute atomic E-state index is 0.123. The van der Waals surface area contributed by atoms with Crippen molar-refractivity contribution in [3.05, 3.63) is 24.2 Å². The van der Waals surface area contributed by atoms with E-state index in [9.17, 15) is 4.79 Å². The molecule has 1 aromatic rings. The van der Waals surface area contributed by atoms with Gasteiger partial charge in [0.25, 0.3) is 0 Å². The molecule has 18 heavy (non-hydrogen) atoms. The van der Waals surface area contributed by atoms with E-state index in [4.69, 9.17) is 4.42 Å². The standard InChI is InChI=1S/C15H23NO2/c1-10(2)6-7-11(3)16-15(17)13-9-12(13)14-5-4-8-18-14/h4-5,8,10-13H,6-7,9H2,1-3H3,(H,16,17). The van der Waals surface area contributed by atoms with E-state index in [0.29, 0.717) is 11.8 Å². The number of hydrogen-bond donors (Lipinski definition) is 1. The van der Waals surface area contributed by atoms with Gasteiger partial charge in [0, 0.05) is 17.9 Å². The van der Waals surface area contributed by atoms with Gasteiger partial charge in [-0.2, -0.15) is 0 Å². The van der Waals surface area contributed by atoms with E-state index in [-0.39, 0.29) is 17.9 Å². The number of carbonyl (C=O) groups excluding carboxylic acids is 1. The Morgan fingerprint density at radius 3 is 2.83 bits per heavy atom. The van der Waals surface area contributed by atoms with E-state index in [1.54, 1.807) is 6.26 Å². The van der Waals surface area contributed by atoms with Crippen LogP contribution in [0, 0.1) is 11.8 Å². The first-order chi connectivity index (χ1) is 8.58. The summed E-state index contributed by atoms with van der Waals surface area (Å²) in [6, 6.07) is 4.12. The lowest BCUT2D eigenvalue weighted by molar-refractivity contribution is -0.123. The smallest absolute Gasteiger partial charge is 0.224 e. The largest absolute Gasteiger partial charge is 0.469 e. The highest BCUT2D eigenvalue weighted by atomic mass is 16.3. The van der Waals surface area contributed by atoms with Crippen LogP contribution in [0.15, 0.2) is 22.8 Å². The molecule has 1 aliphatic rings. The van der Waals surface area contributed by atoms with Crippen molar-refractivity contribution in [3.63, 3.8) is 0 Å². The van der Waals surface area contributed by atoms with Crippen LogP contribution in [-0.2, 0) is 4.79 Å². The van der Waals surface area contributed by atoms with Crippen LogP contribution in [0.5, 0.6) is 0 Å². The summed E-state index contributed by atoms with van der Waals surface area (Å²) in [6.45, 7) is 6.51. The third kappa shape index (κ3) is 3.37. The average Bonchev–Trinajstić information content (AvgIpc) is 2.94. The van der Waals surface area contributed by atoms with Crippen molar-refractivity contribution >= 4 is 5.91 Å². The molecule has 0 bridgehead atoms. The number of carbonyl (C=O) groups is 1. The normalized spacial score (nSPS) is 24.0. The van der Waals surface area contributed by atoms with Gasteiger partial charge in [0.15, 0.2) is 0 Å². The van der Waals surface area contributed by atoms with Gasteiger partial charge in [-0.05, 0) is 44.2 Å². The quantitative estimate of drug-likeness (QED) is 0.840. The summed E-state index contributed by atoms with van der Waals surface area (Å²) in [5.74, 6) is 2.26. The average molecular weight is 249 g/mol. The van der Waals surface area contributed by atoms with E-state index in [1.165, 1.54) is 0 Å². The molecule has 3 unspecified atom stereocenters. The Morgan fingerprint density at radius 2 is 2.22 bits per heavy atom. The van der Waals surface area contributed by atoms with Crippen molar-refractivity contribution in [2.75, 3.05) is 0 Å². The van der Waals surface area contributed by atoms with Gasteiger partial charge >= 0.3 is 0 Å². The Labute approximate surface area is 109 Å². The summed E-state index contributed by atoms with van der Waals surface area (Å²) in [5.41, 5.74) is 0. The lowest BCUT2D eigenvalue weighted by Crippen LogP contribution is -2.34. The summed E-state index contributed by atoms with van der Waals surface area (Å²) in [6.07, 6.45) is 4.82. The fourth-order valence-electron chi connectivity index (χ4n) is 2.31. The zero-order chi connectivity index (χ0) is 13.1. The predicted molar refractivity (Wildman–Crippen MR) is 71.2 cm³/mol. The van der Waals surface area contributed by atoms with Gasteiger partial charge in [-0.1, -0.05) is 13.8 Å². The molecule has 3 heteroatoms. The first-order valence-electron chi connectivity index (χ1n) is 6.91. The minimum atomic E-state index is 0.123. The monoisotopic (exact) mass is 249 g/mol. The van der Waals surface area contributed by atoms with Crippen molar-refractivity contribution in [2.24, 2.45) is 11.8 Å². The maximum absolute atomic E-state index is 12.0. The van der Waals surface area contributed by atoms with Crippen molar-refractivity contribution in [3.8, 4) is 0 Å². The van der Waals surface area contributed by atoms with E-state index >= 15 is 0 Å². The van der Waals surface area contributed by atoms with Crippen LogP contribution in [0.25, 0.3) is 0 Å². The Morgan fingerprint density at radius 1 is 1.44 bits per heavy atom. The van der Waals surface area contributed by atoms with Crippen LogP contribution in [0.4, 0.5) is 0 Å². The molecule has 3 atom stereocenters. The molecular weight excluding hydrogens is 226 g/mol. The van der Waals surface area contributed by atoms with Crippen molar-refractivity contribution in [2.45, 2.75) is 52.0 Å². The maximum atomic E-state index is 12.0. The number of furan rings is 1. The van der Waals surface area contributed by atoms with Gasteiger partial charge in [0.2, 0.25) is 5.91 Å². The molecule has 100 valence electrons. The number of nitrogens with one attached hydrogen (secondary N) is 1. The van der Waals surface area contributed by atoms with Gasteiger partial charge in [0.05, 0.1) is 6.26 Å². The zero-order valence-electron chi connectivity index (χ0n) is 11.5. The Kier molecular flexibility index (Phi) is 4.10. The fourth-order valence-corrected chi connectivity index (χ4v) is 2.31. The predicted octanol–water partition coefficient (Wildman–Crippen LogP) is 3.32. The van der Waals surface area contributed by atoms with Crippen molar-refractivity contribution < 1.29 is 9.21 Å².